The largest absolute Gasteiger partial charge is 0.494 e. The van der Waals surface area contributed by atoms with E-state index in [1.165, 1.54) is 5.56 Å². The molecule has 0 saturated heterocycles. The van der Waals surface area contributed by atoms with E-state index >= 15 is 0 Å². The van der Waals surface area contributed by atoms with Gasteiger partial charge >= 0.3 is 0 Å². The standard InChI is InChI=1S/C25H28N4O2S/c1-5-15-29-17(4)21(22(26-25(29)32)18-9-7-16(3)8-10-18)24-27-23(28-31-24)19-11-13-20(14-12-19)30-6-2/h7-14,22H,5-6,15H2,1-4H3,(H,26,32). The molecule has 0 bridgehead atoms. The Morgan fingerprint density at radius 2 is 1.78 bits per heavy atom. The van der Waals surface area contributed by atoms with Crippen molar-refractivity contribution in [1.82, 2.24) is 20.4 Å². The molecule has 1 aliphatic rings. The van der Waals surface area contributed by atoms with Gasteiger partial charge in [-0.15, -0.1) is 0 Å². The molecule has 0 saturated carbocycles. The minimum Gasteiger partial charge on any atom is -0.494 e. The summed E-state index contributed by atoms with van der Waals surface area (Å²) in [6.07, 6.45) is 0.975. The van der Waals surface area contributed by atoms with Crippen LogP contribution < -0.4 is 10.1 Å². The maximum atomic E-state index is 5.78. The first kappa shape index (κ1) is 22.0. The molecule has 0 amide bonds. The van der Waals surface area contributed by atoms with E-state index in [0.717, 1.165) is 41.1 Å². The first-order chi connectivity index (χ1) is 15.5. The zero-order chi connectivity index (χ0) is 22.7. The van der Waals surface area contributed by atoms with Crippen LogP contribution in [0.1, 0.15) is 50.3 Å². The van der Waals surface area contributed by atoms with Crippen molar-refractivity contribution in [1.29, 1.82) is 0 Å². The van der Waals surface area contributed by atoms with Crippen LogP contribution in [-0.4, -0.2) is 33.3 Å². The number of hydrogen-bond acceptors (Lipinski definition) is 5. The minimum atomic E-state index is -0.162. The highest BCUT2D eigenvalue weighted by atomic mass is 32.1. The molecule has 1 atom stereocenters. The summed E-state index contributed by atoms with van der Waals surface area (Å²) in [5, 5.41) is 8.47. The van der Waals surface area contributed by atoms with Gasteiger partial charge in [-0.2, -0.15) is 4.98 Å². The van der Waals surface area contributed by atoms with Gasteiger partial charge in [0.25, 0.3) is 5.89 Å². The molecular weight excluding hydrogens is 420 g/mol. The number of thiocarbonyl (C=S) groups is 1. The van der Waals surface area contributed by atoms with Crippen LogP contribution in [0.2, 0.25) is 0 Å². The summed E-state index contributed by atoms with van der Waals surface area (Å²) in [5.74, 6) is 1.85. The van der Waals surface area contributed by atoms with E-state index < -0.39 is 0 Å². The zero-order valence-corrected chi connectivity index (χ0v) is 19.7. The third-order valence-electron chi connectivity index (χ3n) is 5.53. The second kappa shape index (κ2) is 9.53. The first-order valence-corrected chi connectivity index (χ1v) is 11.3. The molecule has 1 aromatic heterocycles. The Morgan fingerprint density at radius 1 is 1.06 bits per heavy atom. The van der Waals surface area contributed by atoms with Gasteiger partial charge in [-0.05, 0) is 69.2 Å². The number of nitrogens with zero attached hydrogens (tertiary/aromatic N) is 3. The zero-order valence-electron chi connectivity index (χ0n) is 18.9. The van der Waals surface area contributed by atoms with Gasteiger partial charge in [-0.1, -0.05) is 41.9 Å². The van der Waals surface area contributed by atoms with Gasteiger partial charge < -0.3 is 19.5 Å². The summed E-state index contributed by atoms with van der Waals surface area (Å²) in [5.41, 5.74) is 5.16. The number of rotatable bonds is 7. The summed E-state index contributed by atoms with van der Waals surface area (Å²) < 4.78 is 11.3. The molecule has 2 aromatic carbocycles. The summed E-state index contributed by atoms with van der Waals surface area (Å²) in [7, 11) is 0. The lowest BCUT2D eigenvalue weighted by Crippen LogP contribution is -2.46. The van der Waals surface area contributed by atoms with Crippen LogP contribution >= 0.6 is 12.2 Å². The van der Waals surface area contributed by atoms with Gasteiger partial charge in [0, 0.05) is 17.8 Å². The second-order valence-corrected chi connectivity index (χ2v) is 8.21. The Morgan fingerprint density at radius 3 is 2.44 bits per heavy atom. The van der Waals surface area contributed by atoms with Crippen molar-refractivity contribution in [3.63, 3.8) is 0 Å². The molecule has 0 radical (unpaired) electrons. The van der Waals surface area contributed by atoms with Crippen LogP contribution in [0.15, 0.2) is 58.8 Å². The third kappa shape index (κ3) is 4.39. The molecule has 0 fully saturated rings. The van der Waals surface area contributed by atoms with Crippen molar-refractivity contribution >= 4 is 22.9 Å². The number of allylic oxidation sites excluding steroid dienone is 1. The van der Waals surface area contributed by atoms with Crippen molar-refractivity contribution < 1.29 is 9.26 Å². The highest BCUT2D eigenvalue weighted by Gasteiger charge is 2.33. The molecule has 1 unspecified atom stereocenters. The maximum absolute atomic E-state index is 5.78. The van der Waals surface area contributed by atoms with Crippen LogP contribution in [-0.2, 0) is 0 Å². The smallest absolute Gasteiger partial charge is 0.258 e. The Hall–Kier alpha value is -3.19. The molecule has 2 heterocycles. The van der Waals surface area contributed by atoms with E-state index in [0.29, 0.717) is 23.4 Å². The van der Waals surface area contributed by atoms with Crippen LogP contribution in [0.25, 0.3) is 17.0 Å². The molecular formula is C25H28N4O2S. The fourth-order valence-corrected chi connectivity index (χ4v) is 4.22. The number of nitrogens with one attached hydrogen (secondary N) is 1. The van der Waals surface area contributed by atoms with Crippen LogP contribution in [0, 0.1) is 6.92 Å². The molecule has 166 valence electrons. The number of aryl methyl sites for hydroxylation is 1. The molecule has 6 nitrogen and oxygen atoms in total. The average molecular weight is 449 g/mol. The Bertz CT molecular complexity index is 1120. The normalized spacial score (nSPS) is 16.3. The number of aromatic nitrogens is 2. The molecule has 1 aliphatic heterocycles. The molecule has 32 heavy (non-hydrogen) atoms. The van der Waals surface area contributed by atoms with Crippen molar-refractivity contribution in [2.75, 3.05) is 13.2 Å². The van der Waals surface area contributed by atoms with Crippen LogP contribution in [0.5, 0.6) is 5.75 Å². The van der Waals surface area contributed by atoms with E-state index in [1.807, 2.05) is 31.2 Å². The Kier molecular flexibility index (Phi) is 6.55. The number of ether oxygens (including phenoxy) is 1. The average Bonchev–Trinajstić information content (AvgIpc) is 3.27. The Balaban J connectivity index is 1.75. The fraction of sp³-hybridized carbons (Fsp3) is 0.320. The van der Waals surface area contributed by atoms with Gasteiger partial charge in [0.2, 0.25) is 5.82 Å². The van der Waals surface area contributed by atoms with Crippen molar-refractivity contribution in [2.45, 2.75) is 40.2 Å². The van der Waals surface area contributed by atoms with Crippen molar-refractivity contribution in [2.24, 2.45) is 0 Å². The molecule has 3 aromatic rings. The third-order valence-corrected chi connectivity index (χ3v) is 5.87. The predicted octanol–water partition coefficient (Wildman–Crippen LogP) is 5.52. The predicted molar refractivity (Wildman–Crippen MR) is 130 cm³/mol. The van der Waals surface area contributed by atoms with E-state index in [1.54, 1.807) is 0 Å². The number of hydrogen-bond donors (Lipinski definition) is 1. The lowest BCUT2D eigenvalue weighted by atomic mass is 9.94. The lowest BCUT2D eigenvalue weighted by molar-refractivity contribution is 0.340. The van der Waals surface area contributed by atoms with E-state index in [-0.39, 0.29) is 6.04 Å². The summed E-state index contributed by atoms with van der Waals surface area (Å²) >= 11 is 5.69. The highest BCUT2D eigenvalue weighted by molar-refractivity contribution is 7.80. The quantitative estimate of drug-likeness (QED) is 0.478. The van der Waals surface area contributed by atoms with E-state index in [4.69, 9.17) is 26.5 Å². The lowest BCUT2D eigenvalue weighted by Gasteiger charge is -2.37. The SMILES string of the molecule is CCCN1C(=S)NC(c2ccc(C)cc2)C(c2nc(-c3ccc(OCC)cc3)no2)=C1C. The molecule has 0 spiro atoms. The van der Waals surface area contributed by atoms with Gasteiger partial charge in [0.05, 0.1) is 18.2 Å². The highest BCUT2D eigenvalue weighted by Crippen LogP contribution is 2.37. The van der Waals surface area contributed by atoms with E-state index in [2.05, 4.69) is 60.4 Å². The van der Waals surface area contributed by atoms with Crippen molar-refractivity contribution in [3.8, 4) is 17.1 Å². The molecule has 1 N–H and O–H groups in total. The van der Waals surface area contributed by atoms with Crippen molar-refractivity contribution in [3.05, 3.63) is 71.2 Å². The van der Waals surface area contributed by atoms with Gasteiger partial charge in [0.1, 0.15) is 5.75 Å². The van der Waals surface area contributed by atoms with Gasteiger partial charge in [-0.3, -0.25) is 0 Å². The molecule has 4 rings (SSSR count). The van der Waals surface area contributed by atoms with Crippen LogP contribution in [0.4, 0.5) is 0 Å². The number of benzene rings is 2. The first-order valence-electron chi connectivity index (χ1n) is 10.9. The van der Waals surface area contributed by atoms with Gasteiger partial charge in [-0.25, -0.2) is 0 Å². The fourth-order valence-electron chi connectivity index (χ4n) is 3.88. The maximum Gasteiger partial charge on any atom is 0.258 e. The Labute approximate surface area is 194 Å². The minimum absolute atomic E-state index is 0.162. The van der Waals surface area contributed by atoms with Crippen LogP contribution in [0.3, 0.4) is 0 Å². The summed E-state index contributed by atoms with van der Waals surface area (Å²) in [4.78, 5) is 6.86. The molecule has 0 aliphatic carbocycles. The summed E-state index contributed by atoms with van der Waals surface area (Å²) in [6.45, 7) is 9.70. The monoisotopic (exact) mass is 448 g/mol. The molecule has 7 heteroatoms. The van der Waals surface area contributed by atoms with Gasteiger partial charge in [0.15, 0.2) is 5.11 Å². The second-order valence-electron chi connectivity index (χ2n) is 7.82. The van der Waals surface area contributed by atoms with E-state index in [9.17, 15) is 0 Å². The summed E-state index contributed by atoms with van der Waals surface area (Å²) in [6, 6.07) is 16.0. The topological polar surface area (TPSA) is 63.4 Å².